The Kier molecular flexibility index (Phi) is 4.62. The highest BCUT2D eigenvalue weighted by Gasteiger charge is 2.23. The standard InChI is InChI=1S/C14H17ClN2O2S/c1-11(15)8-10-17(2)20(18,19)14-7-3-6-13-12(14)5-4-9-16-13/h3-7,9,11H,8,10H2,1-2H3. The van der Waals surface area contributed by atoms with E-state index in [4.69, 9.17) is 11.6 Å². The van der Waals surface area contributed by atoms with Crippen molar-refractivity contribution in [2.24, 2.45) is 0 Å². The summed E-state index contributed by atoms with van der Waals surface area (Å²) in [5.41, 5.74) is 0.674. The van der Waals surface area contributed by atoms with Gasteiger partial charge in [0, 0.05) is 30.6 Å². The van der Waals surface area contributed by atoms with Crippen LogP contribution in [0.15, 0.2) is 41.4 Å². The number of sulfonamides is 1. The Labute approximate surface area is 124 Å². The molecule has 108 valence electrons. The van der Waals surface area contributed by atoms with Crippen LogP contribution < -0.4 is 0 Å². The first-order valence-corrected chi connectivity index (χ1v) is 8.24. The van der Waals surface area contributed by atoms with Crippen LogP contribution in [0.5, 0.6) is 0 Å². The third-order valence-electron chi connectivity index (χ3n) is 3.14. The maximum atomic E-state index is 12.6. The molecule has 4 nitrogen and oxygen atoms in total. The molecular formula is C14H17ClN2O2S. The van der Waals surface area contributed by atoms with E-state index in [1.165, 1.54) is 4.31 Å². The number of halogens is 1. The van der Waals surface area contributed by atoms with Gasteiger partial charge >= 0.3 is 0 Å². The maximum Gasteiger partial charge on any atom is 0.243 e. The van der Waals surface area contributed by atoms with Gasteiger partial charge in [0.15, 0.2) is 0 Å². The van der Waals surface area contributed by atoms with Crippen molar-refractivity contribution in [1.29, 1.82) is 0 Å². The molecular weight excluding hydrogens is 296 g/mol. The van der Waals surface area contributed by atoms with Gasteiger partial charge < -0.3 is 0 Å². The predicted octanol–water partition coefficient (Wildman–Crippen LogP) is 2.87. The third-order valence-corrected chi connectivity index (χ3v) is 5.27. The van der Waals surface area contributed by atoms with Crippen molar-refractivity contribution in [2.75, 3.05) is 13.6 Å². The Morgan fingerprint density at radius 1 is 1.30 bits per heavy atom. The van der Waals surface area contributed by atoms with Crippen molar-refractivity contribution in [2.45, 2.75) is 23.6 Å². The van der Waals surface area contributed by atoms with Crippen LogP contribution in [-0.2, 0) is 10.0 Å². The quantitative estimate of drug-likeness (QED) is 0.798. The molecule has 0 spiro atoms. The molecule has 0 N–H and O–H groups in total. The van der Waals surface area contributed by atoms with Crippen molar-refractivity contribution in [3.63, 3.8) is 0 Å². The van der Waals surface area contributed by atoms with E-state index < -0.39 is 10.0 Å². The molecule has 1 unspecified atom stereocenters. The van der Waals surface area contributed by atoms with Crippen molar-refractivity contribution in [3.05, 3.63) is 36.5 Å². The molecule has 0 fully saturated rings. The summed E-state index contributed by atoms with van der Waals surface area (Å²) in [4.78, 5) is 4.47. The fraction of sp³-hybridized carbons (Fsp3) is 0.357. The number of fused-ring (bicyclic) bond motifs is 1. The zero-order valence-electron chi connectivity index (χ0n) is 11.5. The van der Waals surface area contributed by atoms with Crippen LogP contribution in [0.1, 0.15) is 13.3 Å². The Bertz CT molecular complexity index is 696. The van der Waals surface area contributed by atoms with Gasteiger partial charge in [-0.1, -0.05) is 6.07 Å². The van der Waals surface area contributed by atoms with Gasteiger partial charge in [-0.2, -0.15) is 0 Å². The Balaban J connectivity index is 2.41. The summed E-state index contributed by atoms with van der Waals surface area (Å²) in [6, 6.07) is 8.63. The molecule has 0 aliphatic carbocycles. The second-order valence-electron chi connectivity index (χ2n) is 4.72. The molecule has 0 aliphatic rings. The van der Waals surface area contributed by atoms with Gasteiger partial charge in [0.2, 0.25) is 10.0 Å². The predicted molar refractivity (Wildman–Crippen MR) is 81.5 cm³/mol. The average Bonchev–Trinajstić information content (AvgIpc) is 2.43. The van der Waals surface area contributed by atoms with Gasteiger partial charge in [-0.3, -0.25) is 4.98 Å². The highest BCUT2D eigenvalue weighted by molar-refractivity contribution is 7.89. The van der Waals surface area contributed by atoms with Crippen LogP contribution >= 0.6 is 11.6 Å². The van der Waals surface area contributed by atoms with E-state index in [-0.39, 0.29) is 10.3 Å². The maximum absolute atomic E-state index is 12.6. The van der Waals surface area contributed by atoms with Gasteiger partial charge in [-0.05, 0) is 37.6 Å². The van der Waals surface area contributed by atoms with Crippen LogP contribution in [0.25, 0.3) is 10.9 Å². The van der Waals surface area contributed by atoms with Gasteiger partial charge in [0.1, 0.15) is 0 Å². The number of nitrogens with zero attached hydrogens (tertiary/aromatic N) is 2. The topological polar surface area (TPSA) is 50.3 Å². The number of aromatic nitrogens is 1. The summed E-state index contributed by atoms with van der Waals surface area (Å²) in [6.45, 7) is 2.24. The summed E-state index contributed by atoms with van der Waals surface area (Å²) in [6.07, 6.45) is 2.26. The first-order chi connectivity index (χ1) is 9.43. The van der Waals surface area contributed by atoms with E-state index in [2.05, 4.69) is 4.98 Å². The second kappa shape index (κ2) is 6.08. The minimum atomic E-state index is -3.53. The molecule has 2 aromatic rings. The highest BCUT2D eigenvalue weighted by atomic mass is 35.5. The summed E-state index contributed by atoms with van der Waals surface area (Å²) in [5, 5.41) is 0.586. The number of rotatable bonds is 5. The number of hydrogen-bond donors (Lipinski definition) is 0. The summed E-state index contributed by atoms with van der Waals surface area (Å²) >= 11 is 5.88. The van der Waals surface area contributed by atoms with Gasteiger partial charge in [-0.15, -0.1) is 11.6 Å². The zero-order valence-corrected chi connectivity index (χ0v) is 13.0. The van der Waals surface area contributed by atoms with Crippen LogP contribution in [0.4, 0.5) is 0 Å². The molecule has 0 saturated heterocycles. The van der Waals surface area contributed by atoms with Crippen LogP contribution in [0, 0.1) is 0 Å². The lowest BCUT2D eigenvalue weighted by Crippen LogP contribution is -2.29. The minimum absolute atomic E-state index is 0.0539. The Morgan fingerprint density at radius 2 is 2.05 bits per heavy atom. The molecule has 1 atom stereocenters. The van der Waals surface area contributed by atoms with Crippen molar-refractivity contribution in [3.8, 4) is 0 Å². The number of benzene rings is 1. The molecule has 20 heavy (non-hydrogen) atoms. The first kappa shape index (κ1) is 15.2. The van der Waals surface area contributed by atoms with Crippen LogP contribution in [0.3, 0.4) is 0 Å². The van der Waals surface area contributed by atoms with Gasteiger partial charge in [-0.25, -0.2) is 12.7 Å². The minimum Gasteiger partial charge on any atom is -0.256 e. The van der Waals surface area contributed by atoms with E-state index in [0.29, 0.717) is 23.9 Å². The second-order valence-corrected chi connectivity index (χ2v) is 7.48. The Morgan fingerprint density at radius 3 is 2.75 bits per heavy atom. The van der Waals surface area contributed by atoms with Crippen molar-refractivity contribution < 1.29 is 8.42 Å². The Hall–Kier alpha value is -1.17. The summed E-state index contributed by atoms with van der Waals surface area (Å²) in [5.74, 6) is 0. The average molecular weight is 313 g/mol. The molecule has 0 amide bonds. The van der Waals surface area contributed by atoms with E-state index >= 15 is 0 Å². The van der Waals surface area contributed by atoms with Gasteiger partial charge in [0.05, 0.1) is 10.4 Å². The van der Waals surface area contributed by atoms with Crippen molar-refractivity contribution in [1.82, 2.24) is 9.29 Å². The number of pyridine rings is 1. The molecule has 0 aliphatic heterocycles. The van der Waals surface area contributed by atoms with E-state index in [1.54, 1.807) is 43.6 Å². The fourth-order valence-corrected chi connectivity index (χ4v) is 3.43. The molecule has 0 bridgehead atoms. The molecule has 1 aromatic carbocycles. The smallest absolute Gasteiger partial charge is 0.243 e. The fourth-order valence-electron chi connectivity index (χ4n) is 1.95. The first-order valence-electron chi connectivity index (χ1n) is 6.37. The van der Waals surface area contributed by atoms with Gasteiger partial charge in [0.25, 0.3) is 0 Å². The lowest BCUT2D eigenvalue weighted by molar-refractivity contribution is 0.461. The monoisotopic (exact) mass is 312 g/mol. The van der Waals surface area contributed by atoms with Crippen LogP contribution in [-0.4, -0.2) is 36.7 Å². The number of hydrogen-bond acceptors (Lipinski definition) is 3. The lowest BCUT2D eigenvalue weighted by Gasteiger charge is -2.18. The van der Waals surface area contributed by atoms with E-state index in [0.717, 1.165) is 0 Å². The third kappa shape index (κ3) is 3.11. The van der Waals surface area contributed by atoms with Crippen molar-refractivity contribution >= 4 is 32.5 Å². The molecule has 2 rings (SSSR count). The summed E-state index contributed by atoms with van der Waals surface area (Å²) in [7, 11) is -1.95. The SMILES string of the molecule is CC(Cl)CCN(C)S(=O)(=O)c1cccc2ncccc12. The molecule has 6 heteroatoms. The van der Waals surface area contributed by atoms with E-state index in [9.17, 15) is 8.42 Å². The molecule has 1 heterocycles. The number of alkyl halides is 1. The molecule has 0 radical (unpaired) electrons. The lowest BCUT2D eigenvalue weighted by atomic mass is 10.2. The largest absolute Gasteiger partial charge is 0.256 e. The molecule has 1 aromatic heterocycles. The van der Waals surface area contributed by atoms with E-state index in [1.807, 2.05) is 6.92 Å². The highest BCUT2D eigenvalue weighted by Crippen LogP contribution is 2.24. The van der Waals surface area contributed by atoms with Crippen LogP contribution in [0.2, 0.25) is 0 Å². The zero-order chi connectivity index (χ0) is 14.8. The molecule has 0 saturated carbocycles. The summed E-state index contributed by atoms with van der Waals surface area (Å²) < 4.78 is 26.6. The normalized spacial score (nSPS) is 13.8.